The summed E-state index contributed by atoms with van der Waals surface area (Å²) in [5, 5.41) is 11.8. The van der Waals surface area contributed by atoms with E-state index in [0.717, 1.165) is 19.5 Å². The van der Waals surface area contributed by atoms with E-state index >= 15 is 0 Å². The number of hydrogen-bond donors (Lipinski definition) is 1. The van der Waals surface area contributed by atoms with Crippen LogP contribution in [0.3, 0.4) is 0 Å². The first-order chi connectivity index (χ1) is 7.29. The second kappa shape index (κ2) is 4.42. The van der Waals surface area contributed by atoms with E-state index in [2.05, 4.69) is 16.3 Å². The fourth-order valence-corrected chi connectivity index (χ4v) is 1.81. The summed E-state index contributed by atoms with van der Waals surface area (Å²) in [6, 6.07) is 2.29. The van der Waals surface area contributed by atoms with Crippen molar-refractivity contribution in [3.63, 3.8) is 0 Å². The number of hydrogen-bond acceptors (Lipinski definition) is 3. The molecule has 1 aliphatic heterocycles. The van der Waals surface area contributed by atoms with Crippen molar-refractivity contribution in [2.24, 2.45) is 5.41 Å². The molecule has 0 spiro atoms. The molecule has 1 heterocycles. The Morgan fingerprint density at radius 2 is 2.19 bits per heavy atom. The van der Waals surface area contributed by atoms with Crippen LogP contribution in [0.15, 0.2) is 0 Å². The highest BCUT2D eigenvalue weighted by atomic mass is 16.2. The van der Waals surface area contributed by atoms with Gasteiger partial charge in [0.2, 0.25) is 5.91 Å². The van der Waals surface area contributed by atoms with Crippen LogP contribution in [0.5, 0.6) is 0 Å². The van der Waals surface area contributed by atoms with Crippen molar-refractivity contribution in [2.45, 2.75) is 39.7 Å². The topological polar surface area (TPSA) is 56.1 Å². The van der Waals surface area contributed by atoms with E-state index in [9.17, 15) is 4.79 Å². The summed E-state index contributed by atoms with van der Waals surface area (Å²) < 4.78 is 0. The van der Waals surface area contributed by atoms with Crippen LogP contribution in [-0.4, -0.2) is 36.0 Å². The largest absolute Gasteiger partial charge is 0.353 e. The van der Waals surface area contributed by atoms with Gasteiger partial charge in [0.1, 0.15) is 0 Å². The molecule has 0 radical (unpaired) electrons. The molecule has 0 unspecified atom stereocenters. The third-order valence-corrected chi connectivity index (χ3v) is 3.32. The molecule has 90 valence electrons. The van der Waals surface area contributed by atoms with Gasteiger partial charge in [0.15, 0.2) is 0 Å². The van der Waals surface area contributed by atoms with Gasteiger partial charge in [0.25, 0.3) is 0 Å². The second-order valence-electron chi connectivity index (χ2n) is 5.55. The summed E-state index contributed by atoms with van der Waals surface area (Å²) in [6.45, 7) is 10.1. The summed E-state index contributed by atoms with van der Waals surface area (Å²) in [7, 11) is 0. The number of amides is 1. The van der Waals surface area contributed by atoms with Crippen LogP contribution >= 0.6 is 0 Å². The number of rotatable bonds is 3. The Balaban J connectivity index is 2.61. The molecule has 4 heteroatoms. The standard InChI is InChI=1S/C12H21N3O/c1-11(2,9-13)5-7-15-8-6-14-10(16)12(15,3)4/h5-8H2,1-4H3,(H,14,16). The Hall–Kier alpha value is -1.08. The van der Waals surface area contributed by atoms with Crippen molar-refractivity contribution in [3.05, 3.63) is 0 Å². The molecule has 1 aliphatic rings. The van der Waals surface area contributed by atoms with Gasteiger partial charge >= 0.3 is 0 Å². The first kappa shape index (κ1) is 13.0. The first-order valence-electron chi connectivity index (χ1n) is 5.74. The minimum atomic E-state index is -0.455. The number of piperazine rings is 1. The van der Waals surface area contributed by atoms with Gasteiger partial charge in [-0.1, -0.05) is 0 Å². The molecule has 16 heavy (non-hydrogen) atoms. The summed E-state index contributed by atoms with van der Waals surface area (Å²) in [5.41, 5.74) is -0.770. The van der Waals surface area contributed by atoms with Crippen LogP contribution in [0.25, 0.3) is 0 Å². The van der Waals surface area contributed by atoms with Gasteiger partial charge in [0.05, 0.1) is 17.0 Å². The average Bonchev–Trinajstić information content (AvgIpc) is 2.20. The van der Waals surface area contributed by atoms with Gasteiger partial charge < -0.3 is 5.32 Å². The van der Waals surface area contributed by atoms with Gasteiger partial charge in [-0.3, -0.25) is 9.69 Å². The van der Waals surface area contributed by atoms with Gasteiger partial charge in [-0.05, 0) is 34.1 Å². The van der Waals surface area contributed by atoms with E-state index in [1.54, 1.807) is 0 Å². The third-order valence-electron chi connectivity index (χ3n) is 3.32. The lowest BCUT2D eigenvalue weighted by atomic mass is 9.89. The molecule has 1 saturated heterocycles. The molecule has 1 N–H and O–H groups in total. The monoisotopic (exact) mass is 223 g/mol. The quantitative estimate of drug-likeness (QED) is 0.780. The van der Waals surface area contributed by atoms with Crippen molar-refractivity contribution in [1.29, 1.82) is 5.26 Å². The van der Waals surface area contributed by atoms with Crippen LogP contribution < -0.4 is 5.32 Å². The molecule has 1 rings (SSSR count). The highest BCUT2D eigenvalue weighted by Gasteiger charge is 2.37. The average molecular weight is 223 g/mol. The number of carbonyl (C=O) groups is 1. The predicted octanol–water partition coefficient (Wildman–Crippen LogP) is 1.14. The van der Waals surface area contributed by atoms with E-state index in [0.29, 0.717) is 6.54 Å². The van der Waals surface area contributed by atoms with Crippen molar-refractivity contribution < 1.29 is 4.79 Å². The normalized spacial score (nSPS) is 21.3. The fraction of sp³-hybridized carbons (Fsp3) is 0.833. The number of nitriles is 1. The zero-order valence-corrected chi connectivity index (χ0v) is 10.6. The summed E-state index contributed by atoms with van der Waals surface area (Å²) in [6.07, 6.45) is 0.792. The van der Waals surface area contributed by atoms with E-state index in [1.165, 1.54) is 0 Å². The molecule has 0 bridgehead atoms. The summed E-state index contributed by atoms with van der Waals surface area (Å²) >= 11 is 0. The lowest BCUT2D eigenvalue weighted by Crippen LogP contribution is -2.62. The molecular formula is C12H21N3O. The maximum absolute atomic E-state index is 11.7. The molecular weight excluding hydrogens is 202 g/mol. The summed E-state index contributed by atoms with van der Waals surface area (Å²) in [4.78, 5) is 13.9. The molecule has 1 fully saturated rings. The SMILES string of the molecule is CC(C)(C#N)CCN1CCNC(=O)C1(C)C. The molecule has 0 aliphatic carbocycles. The molecule has 0 saturated carbocycles. The molecule has 4 nitrogen and oxygen atoms in total. The maximum Gasteiger partial charge on any atom is 0.239 e. The van der Waals surface area contributed by atoms with Gasteiger partial charge in [-0.2, -0.15) is 5.26 Å². The zero-order chi connectivity index (χ0) is 12.4. The fourth-order valence-electron chi connectivity index (χ4n) is 1.81. The van der Waals surface area contributed by atoms with Crippen LogP contribution in [0.1, 0.15) is 34.1 Å². The maximum atomic E-state index is 11.7. The highest BCUT2D eigenvalue weighted by Crippen LogP contribution is 2.23. The Kier molecular flexibility index (Phi) is 3.59. The van der Waals surface area contributed by atoms with E-state index < -0.39 is 5.54 Å². The first-order valence-corrected chi connectivity index (χ1v) is 5.74. The number of nitrogens with zero attached hydrogens (tertiary/aromatic N) is 2. The van der Waals surface area contributed by atoms with Crippen molar-refractivity contribution >= 4 is 5.91 Å². The molecule has 0 aromatic heterocycles. The smallest absolute Gasteiger partial charge is 0.239 e. The van der Waals surface area contributed by atoms with E-state index in [-0.39, 0.29) is 11.3 Å². The lowest BCUT2D eigenvalue weighted by molar-refractivity contribution is -0.135. The van der Waals surface area contributed by atoms with Crippen molar-refractivity contribution in [1.82, 2.24) is 10.2 Å². The van der Waals surface area contributed by atoms with Crippen molar-refractivity contribution in [3.8, 4) is 6.07 Å². The van der Waals surface area contributed by atoms with Crippen LogP contribution in [0, 0.1) is 16.7 Å². The highest BCUT2D eigenvalue weighted by molar-refractivity contribution is 5.86. The van der Waals surface area contributed by atoms with Crippen LogP contribution in [0.2, 0.25) is 0 Å². The van der Waals surface area contributed by atoms with E-state index in [1.807, 2.05) is 27.7 Å². The Morgan fingerprint density at radius 3 is 2.75 bits per heavy atom. The van der Waals surface area contributed by atoms with Crippen molar-refractivity contribution in [2.75, 3.05) is 19.6 Å². The Bertz CT molecular complexity index is 315. The van der Waals surface area contributed by atoms with E-state index in [4.69, 9.17) is 5.26 Å². The van der Waals surface area contributed by atoms with Gasteiger partial charge in [0, 0.05) is 19.6 Å². The van der Waals surface area contributed by atoms with Crippen LogP contribution in [-0.2, 0) is 4.79 Å². The van der Waals surface area contributed by atoms with Crippen LogP contribution in [0.4, 0.5) is 0 Å². The molecule has 0 aromatic carbocycles. The predicted molar refractivity (Wildman–Crippen MR) is 62.7 cm³/mol. The Morgan fingerprint density at radius 1 is 1.56 bits per heavy atom. The second-order valence-corrected chi connectivity index (χ2v) is 5.55. The summed E-state index contributed by atoms with van der Waals surface area (Å²) in [5.74, 6) is 0.0773. The molecule has 1 amide bonds. The van der Waals surface area contributed by atoms with Gasteiger partial charge in [-0.15, -0.1) is 0 Å². The van der Waals surface area contributed by atoms with Gasteiger partial charge in [-0.25, -0.2) is 0 Å². The minimum Gasteiger partial charge on any atom is -0.353 e. The molecule has 0 aromatic rings. The zero-order valence-electron chi connectivity index (χ0n) is 10.6. The molecule has 0 atom stereocenters. The minimum absolute atomic E-state index is 0.0773. The lowest BCUT2D eigenvalue weighted by Gasteiger charge is -2.41. The third kappa shape index (κ3) is 2.73. The number of carbonyl (C=O) groups excluding carboxylic acids is 1. The number of nitrogens with one attached hydrogen (secondary N) is 1. The Labute approximate surface area is 97.6 Å².